The van der Waals surface area contributed by atoms with Crippen LogP contribution in [0.2, 0.25) is 0 Å². The summed E-state index contributed by atoms with van der Waals surface area (Å²) in [6.45, 7) is 2.42. The van der Waals surface area contributed by atoms with E-state index in [4.69, 9.17) is 9.15 Å². The Bertz CT molecular complexity index is 1370. The van der Waals surface area contributed by atoms with Crippen LogP contribution >= 0.6 is 11.3 Å². The van der Waals surface area contributed by atoms with Crippen LogP contribution in [0.4, 0.5) is 0 Å². The average Bonchev–Trinajstić information content (AvgIpc) is 3.44. The largest absolute Gasteiger partial charge is 0.496 e. The lowest BCUT2D eigenvalue weighted by atomic mass is 10.0. The molecule has 8 nitrogen and oxygen atoms in total. The Balaban J connectivity index is 1.43. The van der Waals surface area contributed by atoms with E-state index in [2.05, 4.69) is 15.0 Å². The highest BCUT2D eigenvalue weighted by Crippen LogP contribution is 2.35. The fourth-order valence-electron chi connectivity index (χ4n) is 4.44. The number of aryl methyl sites for hydroxylation is 1. The van der Waals surface area contributed by atoms with Gasteiger partial charge < -0.3 is 19.0 Å². The minimum atomic E-state index is -0.242. The number of rotatable bonds is 5. The molecule has 0 unspecified atom stereocenters. The Morgan fingerprint density at radius 1 is 1.30 bits per heavy atom. The number of carbonyl (C=O) groups is 1. The number of hydrogen-bond acceptors (Lipinski definition) is 7. The maximum atomic E-state index is 13.6. The van der Waals surface area contributed by atoms with E-state index in [0.717, 1.165) is 36.3 Å². The number of benzene rings is 1. The van der Waals surface area contributed by atoms with Crippen molar-refractivity contribution in [1.82, 2.24) is 19.9 Å². The van der Waals surface area contributed by atoms with Crippen molar-refractivity contribution in [2.45, 2.75) is 38.6 Å². The Hall–Kier alpha value is -3.46. The fraction of sp³-hybridized carbons (Fsp3) is 0.333. The summed E-state index contributed by atoms with van der Waals surface area (Å²) in [5.74, 6) is 1.96. The van der Waals surface area contributed by atoms with E-state index in [9.17, 15) is 9.59 Å². The number of hydrogen-bond donors (Lipinski definition) is 1. The lowest BCUT2D eigenvalue weighted by Gasteiger charge is -2.33. The first-order valence-electron chi connectivity index (χ1n) is 10.9. The number of likely N-dealkylation sites (tertiary alicyclic amines) is 1. The number of aromatic amines is 1. The first-order chi connectivity index (χ1) is 16.1. The summed E-state index contributed by atoms with van der Waals surface area (Å²) in [6.07, 6.45) is 6.34. The average molecular weight is 465 g/mol. The van der Waals surface area contributed by atoms with Crippen molar-refractivity contribution in [3.63, 3.8) is 0 Å². The molecule has 0 spiro atoms. The van der Waals surface area contributed by atoms with Crippen LogP contribution in [0.5, 0.6) is 5.75 Å². The van der Waals surface area contributed by atoms with E-state index >= 15 is 0 Å². The third-order valence-corrected chi connectivity index (χ3v) is 7.29. The minimum Gasteiger partial charge on any atom is -0.496 e. The van der Waals surface area contributed by atoms with Gasteiger partial charge >= 0.3 is 0 Å². The minimum absolute atomic E-state index is 0.107. The molecule has 170 valence electrons. The number of thiophene rings is 1. The van der Waals surface area contributed by atoms with E-state index in [0.29, 0.717) is 39.5 Å². The highest BCUT2D eigenvalue weighted by molar-refractivity contribution is 7.20. The van der Waals surface area contributed by atoms with Gasteiger partial charge in [0, 0.05) is 18.5 Å². The van der Waals surface area contributed by atoms with E-state index in [1.54, 1.807) is 20.2 Å². The molecule has 1 atom stereocenters. The first kappa shape index (κ1) is 21.4. The van der Waals surface area contributed by atoms with Gasteiger partial charge in [0.25, 0.3) is 11.5 Å². The fourth-order valence-corrected chi connectivity index (χ4v) is 5.55. The number of methoxy groups -OCH3 is 1. The number of amides is 1. The predicted octanol–water partition coefficient (Wildman–Crippen LogP) is 4.25. The van der Waals surface area contributed by atoms with E-state index in [1.807, 2.05) is 29.2 Å². The Morgan fingerprint density at radius 2 is 2.15 bits per heavy atom. The van der Waals surface area contributed by atoms with Crippen LogP contribution in [-0.4, -0.2) is 39.4 Å². The van der Waals surface area contributed by atoms with Crippen molar-refractivity contribution >= 4 is 27.5 Å². The molecule has 5 rings (SSSR count). The van der Waals surface area contributed by atoms with E-state index in [-0.39, 0.29) is 17.5 Å². The maximum absolute atomic E-state index is 13.6. The van der Waals surface area contributed by atoms with Crippen LogP contribution in [-0.2, 0) is 6.42 Å². The van der Waals surface area contributed by atoms with Crippen LogP contribution in [0.15, 0.2) is 46.0 Å². The molecule has 0 radical (unpaired) electrons. The molecule has 1 fully saturated rings. The second-order valence-corrected chi connectivity index (χ2v) is 9.13. The molecule has 9 heteroatoms. The molecule has 4 heterocycles. The second-order valence-electron chi connectivity index (χ2n) is 8.13. The van der Waals surface area contributed by atoms with Crippen molar-refractivity contribution in [3.05, 3.63) is 74.8 Å². The SMILES string of the molecule is COc1ccccc1Cc1cnc([C@H]2CCCCN2C(=O)c2sc3nc[nH]c(=O)c3c2C)o1. The summed E-state index contributed by atoms with van der Waals surface area (Å²) in [5, 5.41) is 0.481. The molecule has 1 N–H and O–H groups in total. The molecule has 1 aromatic carbocycles. The van der Waals surface area contributed by atoms with Crippen LogP contribution in [0.25, 0.3) is 10.2 Å². The zero-order chi connectivity index (χ0) is 22.9. The zero-order valence-electron chi connectivity index (χ0n) is 18.5. The van der Waals surface area contributed by atoms with Gasteiger partial charge in [-0.2, -0.15) is 0 Å². The number of nitrogens with one attached hydrogen (secondary N) is 1. The lowest BCUT2D eigenvalue weighted by molar-refractivity contribution is 0.0574. The number of H-pyrrole nitrogens is 1. The van der Waals surface area contributed by atoms with Gasteiger partial charge in [-0.15, -0.1) is 11.3 Å². The van der Waals surface area contributed by atoms with E-state index < -0.39 is 0 Å². The van der Waals surface area contributed by atoms with Gasteiger partial charge in [0.2, 0.25) is 5.89 Å². The second kappa shape index (κ2) is 8.82. The van der Waals surface area contributed by atoms with Gasteiger partial charge in [-0.3, -0.25) is 9.59 Å². The quantitative estimate of drug-likeness (QED) is 0.474. The summed E-state index contributed by atoms with van der Waals surface area (Å²) >= 11 is 1.26. The van der Waals surface area contributed by atoms with Gasteiger partial charge in [-0.05, 0) is 37.8 Å². The first-order valence-corrected chi connectivity index (χ1v) is 11.7. The van der Waals surface area contributed by atoms with Crippen LogP contribution in [0.3, 0.4) is 0 Å². The molecule has 0 aliphatic carbocycles. The summed E-state index contributed by atoms with van der Waals surface area (Å²) in [5.41, 5.74) is 1.46. The van der Waals surface area contributed by atoms with E-state index in [1.165, 1.54) is 17.7 Å². The monoisotopic (exact) mass is 464 g/mol. The van der Waals surface area contributed by atoms with Gasteiger partial charge in [-0.25, -0.2) is 9.97 Å². The van der Waals surface area contributed by atoms with Crippen LogP contribution in [0, 0.1) is 6.92 Å². The van der Waals surface area contributed by atoms with Crippen molar-refractivity contribution in [2.75, 3.05) is 13.7 Å². The molecular formula is C24H24N4O4S. The lowest BCUT2D eigenvalue weighted by Crippen LogP contribution is -2.38. The molecule has 3 aromatic heterocycles. The number of ether oxygens (including phenoxy) is 1. The van der Waals surface area contributed by atoms with Gasteiger partial charge in [-0.1, -0.05) is 18.2 Å². The summed E-state index contributed by atoms with van der Waals surface area (Å²) in [4.78, 5) is 40.1. The summed E-state index contributed by atoms with van der Waals surface area (Å²) in [7, 11) is 1.65. The summed E-state index contributed by atoms with van der Waals surface area (Å²) < 4.78 is 11.6. The van der Waals surface area contributed by atoms with Gasteiger partial charge in [0.1, 0.15) is 22.4 Å². The zero-order valence-corrected chi connectivity index (χ0v) is 19.3. The predicted molar refractivity (Wildman–Crippen MR) is 125 cm³/mol. The Labute approximate surface area is 194 Å². The van der Waals surface area contributed by atoms with Gasteiger partial charge in [0.05, 0.1) is 29.9 Å². The molecule has 1 aliphatic heterocycles. The standard InChI is InChI=1S/C24H24N4O4S/c1-14-19-21(29)26-13-27-23(19)33-20(14)24(30)28-10-6-5-8-17(28)22-25-12-16(32-22)11-15-7-3-4-9-18(15)31-2/h3-4,7,9,12-13,17H,5-6,8,10-11H2,1-2H3,(H,26,27,29)/t17-/m1/s1. The number of oxazole rings is 1. The number of aromatic nitrogens is 3. The highest BCUT2D eigenvalue weighted by atomic mass is 32.1. The Morgan fingerprint density at radius 3 is 2.97 bits per heavy atom. The Kier molecular flexibility index (Phi) is 5.72. The molecule has 1 saturated heterocycles. The smallest absolute Gasteiger partial charge is 0.264 e. The third-order valence-electron chi connectivity index (χ3n) is 6.10. The normalized spacial score (nSPS) is 16.3. The van der Waals surface area contributed by atoms with Gasteiger partial charge in [0.15, 0.2) is 0 Å². The number of carbonyl (C=O) groups excluding carboxylic acids is 1. The third kappa shape index (κ3) is 3.93. The molecular weight excluding hydrogens is 440 g/mol. The summed E-state index contributed by atoms with van der Waals surface area (Å²) in [6, 6.07) is 7.57. The van der Waals surface area contributed by atoms with Crippen LogP contribution in [0.1, 0.15) is 57.8 Å². The molecule has 0 saturated carbocycles. The number of para-hydroxylation sites is 1. The van der Waals surface area contributed by atoms with Crippen molar-refractivity contribution in [1.29, 1.82) is 0 Å². The number of piperidine rings is 1. The van der Waals surface area contributed by atoms with Crippen molar-refractivity contribution < 1.29 is 13.9 Å². The van der Waals surface area contributed by atoms with Crippen molar-refractivity contribution in [3.8, 4) is 5.75 Å². The highest BCUT2D eigenvalue weighted by Gasteiger charge is 2.34. The molecule has 1 amide bonds. The van der Waals surface area contributed by atoms with Crippen molar-refractivity contribution in [2.24, 2.45) is 0 Å². The number of fused-ring (bicyclic) bond motifs is 1. The topological polar surface area (TPSA) is 101 Å². The number of nitrogens with zero attached hydrogens (tertiary/aromatic N) is 3. The maximum Gasteiger partial charge on any atom is 0.264 e. The molecule has 4 aromatic rings. The molecule has 1 aliphatic rings. The molecule has 0 bridgehead atoms. The molecule has 33 heavy (non-hydrogen) atoms. The van der Waals surface area contributed by atoms with Crippen LogP contribution < -0.4 is 10.3 Å².